The normalized spacial score (nSPS) is 11.6. The van der Waals surface area contributed by atoms with Crippen molar-refractivity contribution >= 4 is 74.6 Å². The molecule has 0 spiro atoms. The molecule has 0 fully saturated rings. The maximum Gasteiger partial charge on any atom is 0.343 e. The van der Waals surface area contributed by atoms with E-state index in [1.54, 1.807) is 6.92 Å². The van der Waals surface area contributed by atoms with Crippen molar-refractivity contribution in [2.75, 3.05) is 6.61 Å². The van der Waals surface area contributed by atoms with Gasteiger partial charge >= 0.3 is 5.97 Å². The number of rotatable bonds is 6. The van der Waals surface area contributed by atoms with Gasteiger partial charge in [0.15, 0.2) is 0 Å². The Morgan fingerprint density at radius 3 is 1.39 bits per heavy atom. The van der Waals surface area contributed by atoms with Crippen LogP contribution in [0.3, 0.4) is 0 Å². The van der Waals surface area contributed by atoms with E-state index in [9.17, 15) is 9.59 Å². The van der Waals surface area contributed by atoms with Gasteiger partial charge in [0, 0.05) is 0 Å². The predicted molar refractivity (Wildman–Crippen MR) is 132 cm³/mol. The molecule has 0 unspecified atom stereocenters. The summed E-state index contributed by atoms with van der Waals surface area (Å²) in [6.07, 6.45) is 0. The summed E-state index contributed by atoms with van der Waals surface area (Å²) in [6.45, 7) is -1.32. The summed E-state index contributed by atoms with van der Waals surface area (Å²) in [5.41, 5.74) is 0. The molecule has 0 aliphatic rings. The van der Waals surface area contributed by atoms with Gasteiger partial charge in [-0.1, -0.05) is 126 Å². The zero-order chi connectivity index (χ0) is 22.5. The van der Waals surface area contributed by atoms with Crippen molar-refractivity contribution in [3.05, 3.63) is 91.0 Å². The van der Waals surface area contributed by atoms with Gasteiger partial charge in [0.2, 0.25) is 5.78 Å². The van der Waals surface area contributed by atoms with Crippen molar-refractivity contribution in [1.29, 1.82) is 0 Å². The Morgan fingerprint density at radius 1 is 0.742 bits per heavy atom. The molecule has 0 saturated heterocycles. The molecule has 7 heteroatoms. The Labute approximate surface area is 196 Å². The summed E-state index contributed by atoms with van der Waals surface area (Å²) in [6, 6.07) is 28.1. The molecular formula is C24H20Cl3O3P. The number of Topliss-reactive ketones (excluding diaryl/α,β-unsaturated/α-hetero) is 1. The van der Waals surface area contributed by atoms with Crippen molar-refractivity contribution in [2.45, 2.75) is 10.7 Å². The van der Waals surface area contributed by atoms with E-state index in [0.29, 0.717) is 0 Å². The second-order valence-corrected chi connectivity index (χ2v) is 12.2. The molecule has 0 aromatic heterocycles. The van der Waals surface area contributed by atoms with E-state index in [4.69, 9.17) is 39.5 Å². The van der Waals surface area contributed by atoms with Gasteiger partial charge in [-0.2, -0.15) is 0 Å². The first kappa shape index (κ1) is 23.6. The molecule has 3 nitrogen and oxygen atoms in total. The number of esters is 1. The Balaban J connectivity index is 2.66. The first-order valence-electron chi connectivity index (χ1n) is 9.55. The van der Waals surface area contributed by atoms with Crippen LogP contribution < -0.4 is 15.9 Å². The topological polar surface area (TPSA) is 43.4 Å². The quantitative estimate of drug-likeness (QED) is 0.217. The van der Waals surface area contributed by atoms with Crippen molar-refractivity contribution in [2.24, 2.45) is 0 Å². The zero-order valence-electron chi connectivity index (χ0n) is 16.7. The van der Waals surface area contributed by atoms with Crippen molar-refractivity contribution in [3.63, 3.8) is 0 Å². The van der Waals surface area contributed by atoms with Gasteiger partial charge in [-0.25, -0.2) is 4.79 Å². The molecule has 0 saturated carbocycles. The fourth-order valence-corrected chi connectivity index (χ4v) is 8.32. The minimum atomic E-state index is -3.06. The summed E-state index contributed by atoms with van der Waals surface area (Å²) in [5.74, 6) is -1.68. The predicted octanol–water partition coefficient (Wildman–Crippen LogP) is 4.66. The Hall–Kier alpha value is -2.03. The number of halogens is 3. The van der Waals surface area contributed by atoms with Crippen LogP contribution in [-0.2, 0) is 14.3 Å². The van der Waals surface area contributed by atoms with Crippen molar-refractivity contribution < 1.29 is 14.3 Å². The highest BCUT2D eigenvalue weighted by Crippen LogP contribution is 2.48. The van der Waals surface area contributed by atoms with E-state index < -0.39 is 22.4 Å². The van der Waals surface area contributed by atoms with Crippen LogP contribution in [0.5, 0.6) is 0 Å². The number of hydrogen-bond donors (Lipinski definition) is 0. The summed E-state index contributed by atoms with van der Waals surface area (Å²) in [4.78, 5) is 26.9. The fraction of sp³-hybridized carbons (Fsp3) is 0.125. The van der Waals surface area contributed by atoms with Crippen molar-refractivity contribution in [1.82, 2.24) is 0 Å². The number of benzene rings is 3. The zero-order valence-corrected chi connectivity index (χ0v) is 19.8. The second kappa shape index (κ2) is 10.1. The maximum absolute atomic E-state index is 13.5. The molecular weight excluding hydrogens is 474 g/mol. The molecule has 0 bridgehead atoms. The van der Waals surface area contributed by atoms with E-state index in [0.717, 1.165) is 15.9 Å². The Kier molecular flexibility index (Phi) is 7.67. The van der Waals surface area contributed by atoms with Crippen LogP contribution in [0.25, 0.3) is 0 Å². The van der Waals surface area contributed by atoms with Gasteiger partial charge < -0.3 is 4.74 Å². The van der Waals surface area contributed by atoms with Crippen LogP contribution in [0.1, 0.15) is 6.92 Å². The van der Waals surface area contributed by atoms with E-state index in [1.807, 2.05) is 91.0 Å². The van der Waals surface area contributed by atoms with Crippen molar-refractivity contribution in [3.8, 4) is 0 Å². The lowest BCUT2D eigenvalue weighted by molar-refractivity contribution is -0.135. The average molecular weight is 494 g/mol. The number of hydrogen-bond acceptors (Lipinski definition) is 3. The molecule has 0 amide bonds. The molecule has 0 radical (unpaired) electrons. The number of carbonyl (C=O) groups excluding carboxylic acids is 2. The van der Waals surface area contributed by atoms with Crippen LogP contribution in [0.2, 0.25) is 0 Å². The molecule has 0 N–H and O–H groups in total. The van der Waals surface area contributed by atoms with Crippen LogP contribution in [0.4, 0.5) is 0 Å². The van der Waals surface area contributed by atoms with Crippen LogP contribution in [0.15, 0.2) is 91.0 Å². The lowest BCUT2D eigenvalue weighted by Crippen LogP contribution is -2.42. The molecule has 0 aliphatic carbocycles. The first-order valence-corrected chi connectivity index (χ1v) is 12.5. The summed E-state index contributed by atoms with van der Waals surface area (Å²) >= 11 is 18.2. The highest BCUT2D eigenvalue weighted by molar-refractivity contribution is 7.97. The smallest absolute Gasteiger partial charge is 0.343 e. The van der Waals surface area contributed by atoms with E-state index >= 15 is 0 Å². The van der Waals surface area contributed by atoms with E-state index in [2.05, 4.69) is 0 Å². The van der Waals surface area contributed by atoms with E-state index in [1.165, 1.54) is 0 Å². The third kappa shape index (κ3) is 4.76. The van der Waals surface area contributed by atoms with Gasteiger partial charge in [0.1, 0.15) is 5.29 Å². The SMILES string of the molecule is CCOC(=O)C(C(=O)C(Cl)(Cl)Cl)=P(c1ccccc1)(c1ccccc1)c1ccccc1. The minimum Gasteiger partial charge on any atom is -0.462 e. The largest absolute Gasteiger partial charge is 0.462 e. The average Bonchev–Trinajstić information content (AvgIpc) is 2.78. The third-order valence-corrected chi connectivity index (χ3v) is 9.50. The van der Waals surface area contributed by atoms with Gasteiger partial charge in [-0.15, -0.1) is 0 Å². The molecule has 31 heavy (non-hydrogen) atoms. The van der Waals surface area contributed by atoms with Gasteiger partial charge in [-0.3, -0.25) is 4.79 Å². The molecule has 160 valence electrons. The number of alkyl halides is 3. The molecule has 0 atom stereocenters. The summed E-state index contributed by atoms with van der Waals surface area (Å²) in [7, 11) is 0. The van der Waals surface area contributed by atoms with Crippen LogP contribution >= 0.6 is 41.7 Å². The number of ketones is 1. The first-order chi connectivity index (χ1) is 14.8. The lowest BCUT2D eigenvalue weighted by atomic mass is 10.3. The molecule has 0 aliphatic heterocycles. The monoisotopic (exact) mass is 492 g/mol. The molecule has 0 heterocycles. The fourth-order valence-electron chi connectivity index (χ4n) is 3.50. The van der Waals surface area contributed by atoms with Crippen LogP contribution in [0, 0.1) is 0 Å². The van der Waals surface area contributed by atoms with Gasteiger partial charge in [-0.05, 0) is 29.7 Å². The minimum absolute atomic E-state index is 0.0772. The number of ether oxygens (including phenoxy) is 1. The lowest BCUT2D eigenvalue weighted by Gasteiger charge is -2.32. The summed E-state index contributed by atoms with van der Waals surface area (Å²) < 4.78 is 3.02. The molecule has 3 rings (SSSR count). The molecule has 3 aromatic carbocycles. The van der Waals surface area contributed by atoms with Gasteiger partial charge in [0.25, 0.3) is 3.79 Å². The highest BCUT2D eigenvalue weighted by Gasteiger charge is 2.44. The third-order valence-electron chi connectivity index (χ3n) is 4.71. The Bertz CT molecular complexity index is 1010. The van der Waals surface area contributed by atoms with Crippen LogP contribution in [-0.4, -0.2) is 27.4 Å². The van der Waals surface area contributed by atoms with Gasteiger partial charge in [0.05, 0.1) is 6.61 Å². The highest BCUT2D eigenvalue weighted by atomic mass is 35.6. The summed E-state index contributed by atoms with van der Waals surface area (Å²) in [5, 5.41) is 2.17. The molecule has 3 aromatic rings. The number of carbonyl (C=O) groups is 2. The van der Waals surface area contributed by atoms with E-state index in [-0.39, 0.29) is 11.9 Å². The standard InChI is InChI=1S/C24H20Cl3O3P/c1-2-30-23(29)21(22(28)24(25,26)27)31(18-12-6-3-7-13-18,19-14-8-4-9-15-19)20-16-10-5-11-17-20/h3-17H,2H2,1H3. The Morgan fingerprint density at radius 2 is 1.10 bits per heavy atom. The second-order valence-electron chi connectivity index (χ2n) is 6.57. The maximum atomic E-state index is 13.5.